The summed E-state index contributed by atoms with van der Waals surface area (Å²) in [5, 5.41) is 13.8. The Morgan fingerprint density at radius 3 is 2.62 bits per heavy atom. The molecule has 16 heavy (non-hydrogen) atoms. The molecule has 0 amide bonds. The topological polar surface area (TPSA) is 37.8 Å². The summed E-state index contributed by atoms with van der Waals surface area (Å²) < 4.78 is 0. The summed E-state index contributed by atoms with van der Waals surface area (Å²) in [6, 6.07) is 0. The molecule has 4 heteroatoms. The standard InChI is InChI=1S/C12H21N3S/c1-9-3-5-11(6-4-9)7-13-8-12-15-14-10(2)16-12/h9,11,13H,3-8H2,1-2H3. The van der Waals surface area contributed by atoms with E-state index < -0.39 is 0 Å². The Kier molecular flexibility index (Phi) is 4.29. The largest absolute Gasteiger partial charge is 0.310 e. The van der Waals surface area contributed by atoms with Crippen molar-refractivity contribution < 1.29 is 0 Å². The van der Waals surface area contributed by atoms with Crippen LogP contribution in [0.2, 0.25) is 0 Å². The van der Waals surface area contributed by atoms with Crippen molar-refractivity contribution in [3.63, 3.8) is 0 Å². The van der Waals surface area contributed by atoms with E-state index in [-0.39, 0.29) is 0 Å². The van der Waals surface area contributed by atoms with Crippen LogP contribution in [-0.2, 0) is 6.54 Å². The maximum Gasteiger partial charge on any atom is 0.131 e. The predicted octanol–water partition coefficient (Wildman–Crippen LogP) is 2.76. The van der Waals surface area contributed by atoms with Crippen molar-refractivity contribution in [3.8, 4) is 0 Å². The lowest BCUT2D eigenvalue weighted by atomic mass is 9.83. The highest BCUT2D eigenvalue weighted by molar-refractivity contribution is 7.11. The highest BCUT2D eigenvalue weighted by Gasteiger charge is 2.17. The molecule has 0 unspecified atom stereocenters. The van der Waals surface area contributed by atoms with Gasteiger partial charge in [0.1, 0.15) is 10.0 Å². The molecule has 0 radical (unpaired) electrons. The zero-order valence-electron chi connectivity index (χ0n) is 10.2. The molecule has 2 rings (SSSR count). The van der Waals surface area contributed by atoms with Crippen molar-refractivity contribution in [2.45, 2.75) is 46.1 Å². The fourth-order valence-electron chi connectivity index (χ4n) is 2.33. The smallest absolute Gasteiger partial charge is 0.131 e. The molecule has 0 aromatic carbocycles. The van der Waals surface area contributed by atoms with E-state index in [1.165, 1.54) is 25.7 Å². The van der Waals surface area contributed by atoms with Gasteiger partial charge in [-0.15, -0.1) is 21.5 Å². The Balaban J connectivity index is 1.64. The molecule has 1 aromatic rings. The summed E-state index contributed by atoms with van der Waals surface area (Å²) in [5.74, 6) is 1.83. The van der Waals surface area contributed by atoms with Crippen LogP contribution in [0.25, 0.3) is 0 Å². The number of hydrogen-bond donors (Lipinski definition) is 1. The Labute approximate surface area is 102 Å². The summed E-state index contributed by atoms with van der Waals surface area (Å²) in [5.41, 5.74) is 0. The molecule has 1 aliphatic carbocycles. The van der Waals surface area contributed by atoms with Gasteiger partial charge >= 0.3 is 0 Å². The Morgan fingerprint density at radius 1 is 1.25 bits per heavy atom. The average molecular weight is 239 g/mol. The molecule has 1 N–H and O–H groups in total. The summed E-state index contributed by atoms with van der Waals surface area (Å²) in [4.78, 5) is 0. The van der Waals surface area contributed by atoms with Crippen LogP contribution in [0, 0.1) is 18.8 Å². The Morgan fingerprint density at radius 2 is 2.00 bits per heavy atom. The van der Waals surface area contributed by atoms with Crippen molar-refractivity contribution >= 4 is 11.3 Å². The third-order valence-corrected chi connectivity index (χ3v) is 4.25. The van der Waals surface area contributed by atoms with Crippen LogP contribution in [0.1, 0.15) is 42.6 Å². The quantitative estimate of drug-likeness (QED) is 0.878. The van der Waals surface area contributed by atoms with Crippen molar-refractivity contribution in [2.24, 2.45) is 11.8 Å². The SMILES string of the molecule is Cc1nnc(CNCC2CCC(C)CC2)s1. The lowest BCUT2D eigenvalue weighted by Crippen LogP contribution is -2.25. The van der Waals surface area contributed by atoms with E-state index >= 15 is 0 Å². The molecule has 0 spiro atoms. The van der Waals surface area contributed by atoms with Crippen LogP contribution in [0.3, 0.4) is 0 Å². The van der Waals surface area contributed by atoms with Crippen LogP contribution in [0.4, 0.5) is 0 Å². The van der Waals surface area contributed by atoms with Gasteiger partial charge in [0, 0.05) is 6.54 Å². The monoisotopic (exact) mass is 239 g/mol. The Bertz CT molecular complexity index is 316. The lowest BCUT2D eigenvalue weighted by Gasteiger charge is -2.26. The van der Waals surface area contributed by atoms with Crippen LogP contribution >= 0.6 is 11.3 Å². The van der Waals surface area contributed by atoms with E-state index in [1.54, 1.807) is 11.3 Å². The van der Waals surface area contributed by atoms with Crippen LogP contribution in [-0.4, -0.2) is 16.7 Å². The summed E-state index contributed by atoms with van der Waals surface area (Å²) >= 11 is 1.69. The first-order valence-corrected chi connectivity index (χ1v) is 7.05. The number of nitrogens with one attached hydrogen (secondary N) is 1. The predicted molar refractivity (Wildman–Crippen MR) is 67.5 cm³/mol. The molecule has 1 aromatic heterocycles. The molecule has 1 aliphatic rings. The third kappa shape index (κ3) is 3.52. The minimum Gasteiger partial charge on any atom is -0.310 e. The second kappa shape index (κ2) is 5.73. The van der Waals surface area contributed by atoms with Gasteiger partial charge in [-0.25, -0.2) is 0 Å². The van der Waals surface area contributed by atoms with E-state index in [1.807, 2.05) is 6.92 Å². The first-order valence-electron chi connectivity index (χ1n) is 6.23. The number of rotatable bonds is 4. The van der Waals surface area contributed by atoms with Gasteiger partial charge in [-0.3, -0.25) is 0 Å². The van der Waals surface area contributed by atoms with Gasteiger partial charge in [0.25, 0.3) is 0 Å². The van der Waals surface area contributed by atoms with Gasteiger partial charge in [0.2, 0.25) is 0 Å². The lowest BCUT2D eigenvalue weighted by molar-refractivity contribution is 0.281. The highest BCUT2D eigenvalue weighted by Crippen LogP contribution is 2.27. The number of nitrogens with zero attached hydrogens (tertiary/aromatic N) is 2. The molecule has 90 valence electrons. The maximum atomic E-state index is 4.12. The first kappa shape index (κ1) is 12.0. The van der Waals surface area contributed by atoms with Crippen LogP contribution in [0.5, 0.6) is 0 Å². The van der Waals surface area contributed by atoms with E-state index in [2.05, 4.69) is 22.4 Å². The number of aromatic nitrogens is 2. The number of aryl methyl sites for hydroxylation is 1. The minimum atomic E-state index is 0.880. The molecule has 0 bridgehead atoms. The fourth-order valence-corrected chi connectivity index (χ4v) is 3.00. The molecule has 0 saturated heterocycles. The third-order valence-electron chi connectivity index (χ3n) is 3.41. The normalized spacial score (nSPS) is 25.9. The molecule has 3 nitrogen and oxygen atoms in total. The summed E-state index contributed by atoms with van der Waals surface area (Å²) in [7, 11) is 0. The van der Waals surface area contributed by atoms with Crippen LogP contribution < -0.4 is 5.32 Å². The molecule has 0 aliphatic heterocycles. The number of hydrogen-bond acceptors (Lipinski definition) is 4. The van der Waals surface area contributed by atoms with Gasteiger partial charge in [0.15, 0.2) is 0 Å². The molecule has 1 saturated carbocycles. The summed E-state index contributed by atoms with van der Waals surface area (Å²) in [6.07, 6.45) is 5.60. The van der Waals surface area contributed by atoms with Crippen LogP contribution in [0.15, 0.2) is 0 Å². The molecule has 1 heterocycles. The Hall–Kier alpha value is -0.480. The highest BCUT2D eigenvalue weighted by atomic mass is 32.1. The van der Waals surface area contributed by atoms with E-state index in [0.717, 1.165) is 34.9 Å². The van der Waals surface area contributed by atoms with Crippen molar-refractivity contribution in [3.05, 3.63) is 10.0 Å². The molecular weight excluding hydrogens is 218 g/mol. The van der Waals surface area contributed by atoms with Gasteiger partial charge < -0.3 is 5.32 Å². The second-order valence-corrected chi connectivity index (χ2v) is 6.24. The maximum absolute atomic E-state index is 4.12. The first-order chi connectivity index (χ1) is 7.74. The zero-order chi connectivity index (χ0) is 11.4. The van der Waals surface area contributed by atoms with Gasteiger partial charge in [-0.2, -0.15) is 0 Å². The molecule has 0 atom stereocenters. The van der Waals surface area contributed by atoms with Gasteiger partial charge in [-0.1, -0.05) is 19.8 Å². The fraction of sp³-hybridized carbons (Fsp3) is 0.833. The average Bonchev–Trinajstić information content (AvgIpc) is 2.67. The van der Waals surface area contributed by atoms with Gasteiger partial charge in [-0.05, 0) is 38.1 Å². The minimum absolute atomic E-state index is 0.880. The molecule has 1 fully saturated rings. The van der Waals surface area contributed by atoms with Gasteiger partial charge in [0.05, 0.1) is 0 Å². The summed E-state index contributed by atoms with van der Waals surface area (Å²) in [6.45, 7) is 6.40. The van der Waals surface area contributed by atoms with Crippen molar-refractivity contribution in [2.75, 3.05) is 6.54 Å². The van der Waals surface area contributed by atoms with E-state index in [9.17, 15) is 0 Å². The van der Waals surface area contributed by atoms with E-state index in [4.69, 9.17) is 0 Å². The van der Waals surface area contributed by atoms with Crippen molar-refractivity contribution in [1.82, 2.24) is 15.5 Å². The van der Waals surface area contributed by atoms with Crippen molar-refractivity contribution in [1.29, 1.82) is 0 Å². The zero-order valence-corrected chi connectivity index (χ0v) is 11.0. The van der Waals surface area contributed by atoms with E-state index in [0.29, 0.717) is 0 Å². The second-order valence-electron chi connectivity index (χ2n) is 4.97. The molecular formula is C12H21N3S.